The first kappa shape index (κ1) is 16.0. The third-order valence-electron chi connectivity index (χ3n) is 1.55. The van der Waals surface area contributed by atoms with Crippen molar-refractivity contribution in [2.75, 3.05) is 6.26 Å². The number of carbonyl (C=O) groups is 3. The molecule has 3 nitrogen and oxygen atoms in total. The molecule has 0 aliphatic carbocycles. The molecule has 0 N–H and O–H groups in total. The molecule has 0 heterocycles. The molecule has 15 heavy (non-hydrogen) atoms. The van der Waals surface area contributed by atoms with Crippen LogP contribution in [-0.2, 0) is 9.59 Å². The molecule has 0 saturated carbocycles. The Bertz CT molecular complexity index is 298. The fourth-order valence-corrected chi connectivity index (χ4v) is 1.36. The zero-order valence-electron chi connectivity index (χ0n) is 8.86. The average molecular weight is 226 g/mol. The van der Waals surface area contributed by atoms with Gasteiger partial charge in [-0.15, -0.1) is 0 Å². The Balaban J connectivity index is 0. The first-order chi connectivity index (χ1) is 7.25. The van der Waals surface area contributed by atoms with Crippen LogP contribution in [0.2, 0.25) is 0 Å². The van der Waals surface area contributed by atoms with E-state index in [9.17, 15) is 4.79 Å². The van der Waals surface area contributed by atoms with E-state index >= 15 is 0 Å². The van der Waals surface area contributed by atoms with Crippen LogP contribution in [0.5, 0.6) is 0 Å². The number of hydrogen-bond acceptors (Lipinski definition) is 4. The van der Waals surface area contributed by atoms with Crippen LogP contribution in [0.4, 0.5) is 0 Å². The molecular weight excluding hydrogens is 212 g/mol. The number of hydrogen-bond donors (Lipinski definition) is 0. The van der Waals surface area contributed by atoms with E-state index in [4.69, 9.17) is 9.59 Å². The van der Waals surface area contributed by atoms with Crippen LogP contribution in [0.3, 0.4) is 0 Å². The van der Waals surface area contributed by atoms with Gasteiger partial charge in [0.05, 0.1) is 0 Å². The summed E-state index contributed by atoms with van der Waals surface area (Å²) < 4.78 is 0. The van der Waals surface area contributed by atoms with Crippen molar-refractivity contribution in [2.45, 2.75) is 6.92 Å². The molecule has 0 aliphatic rings. The standard InChI is InChI=1S/C9H10OS.2CH2O/c1-7-5-3-4-6-8(7)9(10)11-2;2*1-2/h3-6H,1-2H3;2*1H2. The van der Waals surface area contributed by atoms with Gasteiger partial charge in [0.2, 0.25) is 5.12 Å². The second-order valence-corrected chi connectivity index (χ2v) is 3.09. The van der Waals surface area contributed by atoms with Crippen LogP contribution in [0.15, 0.2) is 24.3 Å². The Hall–Kier alpha value is -1.42. The molecule has 1 rings (SSSR count). The molecular formula is C11H14O3S. The SMILES string of the molecule is C=O.C=O.CSC(=O)c1ccccc1C. The van der Waals surface area contributed by atoms with E-state index in [2.05, 4.69) is 0 Å². The van der Waals surface area contributed by atoms with Gasteiger partial charge in [-0.05, 0) is 18.7 Å². The maximum Gasteiger partial charge on any atom is 0.219 e. The quantitative estimate of drug-likeness (QED) is 0.736. The molecule has 82 valence electrons. The summed E-state index contributed by atoms with van der Waals surface area (Å²) in [6.45, 7) is 5.95. The van der Waals surface area contributed by atoms with Crippen molar-refractivity contribution in [3.8, 4) is 0 Å². The number of aryl methyl sites for hydroxylation is 1. The van der Waals surface area contributed by atoms with Gasteiger partial charge >= 0.3 is 0 Å². The topological polar surface area (TPSA) is 51.2 Å². The van der Waals surface area contributed by atoms with Gasteiger partial charge in [0, 0.05) is 5.56 Å². The summed E-state index contributed by atoms with van der Waals surface area (Å²) in [6, 6.07) is 7.63. The molecule has 0 bridgehead atoms. The van der Waals surface area contributed by atoms with Gasteiger partial charge in [0.25, 0.3) is 0 Å². The van der Waals surface area contributed by atoms with Crippen molar-refractivity contribution in [3.05, 3.63) is 35.4 Å². The Kier molecular flexibility index (Phi) is 11.4. The summed E-state index contributed by atoms with van der Waals surface area (Å²) >= 11 is 1.25. The third kappa shape index (κ3) is 5.80. The Morgan fingerprint density at radius 1 is 1.13 bits per heavy atom. The van der Waals surface area contributed by atoms with Crippen molar-refractivity contribution in [1.82, 2.24) is 0 Å². The number of carbonyl (C=O) groups excluding carboxylic acids is 3. The van der Waals surface area contributed by atoms with Crippen molar-refractivity contribution in [2.24, 2.45) is 0 Å². The zero-order chi connectivity index (χ0) is 12.3. The van der Waals surface area contributed by atoms with Gasteiger partial charge in [0.1, 0.15) is 13.6 Å². The molecule has 0 aliphatic heterocycles. The molecule has 4 heteroatoms. The first-order valence-electron chi connectivity index (χ1n) is 3.97. The van der Waals surface area contributed by atoms with E-state index in [1.165, 1.54) is 11.8 Å². The average Bonchev–Trinajstić information content (AvgIpc) is 2.34. The summed E-state index contributed by atoms with van der Waals surface area (Å²) in [5.41, 5.74) is 1.87. The lowest BCUT2D eigenvalue weighted by Gasteiger charge is -1.99. The van der Waals surface area contributed by atoms with E-state index in [0.29, 0.717) is 0 Å². The van der Waals surface area contributed by atoms with Crippen LogP contribution < -0.4 is 0 Å². The highest BCUT2D eigenvalue weighted by Crippen LogP contribution is 2.13. The lowest BCUT2D eigenvalue weighted by Crippen LogP contribution is -1.94. The fourth-order valence-electron chi connectivity index (χ4n) is 0.912. The van der Waals surface area contributed by atoms with E-state index in [1.54, 1.807) is 6.26 Å². The second-order valence-electron chi connectivity index (χ2n) is 2.31. The van der Waals surface area contributed by atoms with Crippen LogP contribution in [-0.4, -0.2) is 24.9 Å². The maximum atomic E-state index is 11.2. The Labute approximate surface area is 93.9 Å². The molecule has 1 aromatic rings. The molecule has 0 amide bonds. The van der Waals surface area contributed by atoms with Gasteiger partial charge in [-0.2, -0.15) is 0 Å². The monoisotopic (exact) mass is 226 g/mol. The highest BCUT2D eigenvalue weighted by atomic mass is 32.2. The first-order valence-corrected chi connectivity index (χ1v) is 5.20. The van der Waals surface area contributed by atoms with Gasteiger partial charge in [-0.3, -0.25) is 4.79 Å². The van der Waals surface area contributed by atoms with Gasteiger partial charge in [-0.1, -0.05) is 36.0 Å². The normalized spacial score (nSPS) is 7.60. The van der Waals surface area contributed by atoms with Crippen molar-refractivity contribution in [1.29, 1.82) is 0 Å². The van der Waals surface area contributed by atoms with Crippen LogP contribution in [0.1, 0.15) is 15.9 Å². The fraction of sp³-hybridized carbons (Fsp3) is 0.182. The molecule has 0 radical (unpaired) electrons. The third-order valence-corrected chi connectivity index (χ3v) is 2.14. The molecule has 0 atom stereocenters. The molecule has 0 fully saturated rings. The van der Waals surface area contributed by atoms with Crippen LogP contribution in [0.25, 0.3) is 0 Å². The minimum Gasteiger partial charge on any atom is -0.307 e. The summed E-state index contributed by atoms with van der Waals surface area (Å²) in [4.78, 5) is 27.2. The highest BCUT2D eigenvalue weighted by Gasteiger charge is 2.04. The predicted octanol–water partition coefficient (Wildman–Crippen LogP) is 2.13. The summed E-state index contributed by atoms with van der Waals surface area (Å²) in [6.07, 6.45) is 1.80. The van der Waals surface area contributed by atoms with E-state index in [-0.39, 0.29) is 5.12 Å². The molecule has 1 aromatic carbocycles. The van der Waals surface area contributed by atoms with Crippen molar-refractivity contribution in [3.63, 3.8) is 0 Å². The van der Waals surface area contributed by atoms with Gasteiger partial charge < -0.3 is 9.59 Å². The van der Waals surface area contributed by atoms with Crippen LogP contribution >= 0.6 is 11.8 Å². The number of rotatable bonds is 1. The summed E-state index contributed by atoms with van der Waals surface area (Å²) in [7, 11) is 0. The molecule has 0 spiro atoms. The Morgan fingerprint density at radius 2 is 1.60 bits per heavy atom. The summed E-state index contributed by atoms with van der Waals surface area (Å²) in [5, 5.41) is 0.142. The van der Waals surface area contributed by atoms with Gasteiger partial charge in [-0.25, -0.2) is 0 Å². The van der Waals surface area contributed by atoms with E-state index in [1.807, 2.05) is 44.8 Å². The largest absolute Gasteiger partial charge is 0.307 e. The van der Waals surface area contributed by atoms with Crippen LogP contribution in [0, 0.1) is 6.92 Å². The second kappa shape index (κ2) is 10.7. The van der Waals surface area contributed by atoms with Gasteiger partial charge in [0.15, 0.2) is 0 Å². The molecule has 0 aromatic heterocycles. The number of thioether (sulfide) groups is 1. The molecule has 0 saturated heterocycles. The van der Waals surface area contributed by atoms with E-state index in [0.717, 1.165) is 11.1 Å². The highest BCUT2D eigenvalue weighted by molar-refractivity contribution is 8.13. The van der Waals surface area contributed by atoms with Crippen molar-refractivity contribution < 1.29 is 14.4 Å². The lowest BCUT2D eigenvalue weighted by atomic mass is 10.1. The Morgan fingerprint density at radius 3 is 2.00 bits per heavy atom. The number of benzene rings is 1. The molecule has 0 unspecified atom stereocenters. The predicted molar refractivity (Wildman–Crippen MR) is 63.3 cm³/mol. The zero-order valence-corrected chi connectivity index (χ0v) is 9.67. The lowest BCUT2D eigenvalue weighted by molar-refractivity contribution is -0.0987. The van der Waals surface area contributed by atoms with Crippen molar-refractivity contribution >= 4 is 30.5 Å². The maximum absolute atomic E-state index is 11.2. The minimum absolute atomic E-state index is 0.142. The van der Waals surface area contributed by atoms with E-state index < -0.39 is 0 Å². The minimum atomic E-state index is 0.142. The smallest absolute Gasteiger partial charge is 0.219 e. The summed E-state index contributed by atoms with van der Waals surface area (Å²) in [5.74, 6) is 0.